The van der Waals surface area contributed by atoms with Gasteiger partial charge in [-0.3, -0.25) is 9.40 Å². The Morgan fingerprint density at radius 2 is 2.09 bits per heavy atom. The summed E-state index contributed by atoms with van der Waals surface area (Å²) >= 11 is 0. The van der Waals surface area contributed by atoms with E-state index in [4.69, 9.17) is 0 Å². The predicted molar refractivity (Wildman–Crippen MR) is 81.4 cm³/mol. The highest BCUT2D eigenvalue weighted by Gasteiger charge is 2.28. The van der Waals surface area contributed by atoms with E-state index in [1.54, 1.807) is 12.1 Å². The number of carboxylic acids is 1. The van der Waals surface area contributed by atoms with Gasteiger partial charge in [-0.15, -0.1) is 0 Å². The van der Waals surface area contributed by atoms with Crippen molar-refractivity contribution in [1.29, 1.82) is 0 Å². The van der Waals surface area contributed by atoms with E-state index in [1.807, 2.05) is 6.92 Å². The van der Waals surface area contributed by atoms with Crippen molar-refractivity contribution >= 4 is 21.7 Å². The lowest BCUT2D eigenvalue weighted by atomic mass is 10.1. The van der Waals surface area contributed by atoms with Crippen molar-refractivity contribution in [2.75, 3.05) is 10.8 Å². The molecule has 0 saturated carbocycles. The van der Waals surface area contributed by atoms with Gasteiger partial charge in [0.2, 0.25) is 0 Å². The van der Waals surface area contributed by atoms with Gasteiger partial charge in [0.25, 0.3) is 10.0 Å². The second kappa shape index (κ2) is 6.61. The number of hydrogen-bond acceptors (Lipinski definition) is 4. The molecule has 0 bridgehead atoms. The Hall–Kier alpha value is -2.35. The number of unbranched alkanes of at least 4 members (excludes halogenated alkanes) is 1. The highest BCUT2D eigenvalue weighted by Crippen LogP contribution is 2.27. The van der Waals surface area contributed by atoms with Crippen molar-refractivity contribution < 1.29 is 18.3 Å². The van der Waals surface area contributed by atoms with E-state index in [0.717, 1.165) is 10.7 Å². The number of nitrogens with zero attached hydrogens (tertiary/aromatic N) is 2. The fourth-order valence-electron chi connectivity index (χ4n) is 2.05. The first-order chi connectivity index (χ1) is 10.5. The summed E-state index contributed by atoms with van der Waals surface area (Å²) in [4.78, 5) is 11.4. The Bertz CT molecular complexity index is 741. The van der Waals surface area contributed by atoms with Crippen LogP contribution >= 0.6 is 0 Å². The maximum Gasteiger partial charge on any atom is 0.337 e. The molecule has 0 aliphatic heterocycles. The smallest absolute Gasteiger partial charge is 0.337 e. The maximum atomic E-state index is 12.7. The molecule has 2 rings (SSSR count). The van der Waals surface area contributed by atoms with Crippen LogP contribution in [0.15, 0.2) is 41.6 Å². The second-order valence-electron chi connectivity index (χ2n) is 4.69. The number of aromatic amines is 1. The summed E-state index contributed by atoms with van der Waals surface area (Å²) in [6.07, 6.45) is 3.88. The van der Waals surface area contributed by atoms with E-state index >= 15 is 0 Å². The van der Waals surface area contributed by atoms with Crippen LogP contribution in [-0.4, -0.2) is 36.2 Å². The van der Waals surface area contributed by atoms with Crippen LogP contribution in [0.4, 0.5) is 5.69 Å². The molecule has 0 aliphatic carbocycles. The monoisotopic (exact) mass is 323 g/mol. The fourth-order valence-corrected chi connectivity index (χ4v) is 3.48. The van der Waals surface area contributed by atoms with Crippen molar-refractivity contribution in [2.24, 2.45) is 0 Å². The van der Waals surface area contributed by atoms with Crippen LogP contribution < -0.4 is 4.31 Å². The molecular weight excluding hydrogens is 306 g/mol. The molecule has 0 aliphatic rings. The average molecular weight is 323 g/mol. The first kappa shape index (κ1) is 16.0. The summed E-state index contributed by atoms with van der Waals surface area (Å²) in [7, 11) is -3.86. The molecule has 0 saturated heterocycles. The predicted octanol–water partition coefficient (Wildman–Crippen LogP) is 2.10. The Morgan fingerprint density at radius 3 is 2.68 bits per heavy atom. The summed E-state index contributed by atoms with van der Waals surface area (Å²) in [6, 6.07) is 6.07. The van der Waals surface area contributed by atoms with Crippen molar-refractivity contribution in [3.8, 4) is 0 Å². The SMILES string of the molecule is CCCCN(c1ccccc1C(=O)O)S(=O)(=O)c1cn[nH]c1. The lowest BCUT2D eigenvalue weighted by Crippen LogP contribution is -2.33. The van der Waals surface area contributed by atoms with E-state index in [1.165, 1.54) is 24.5 Å². The third-order valence-corrected chi connectivity index (χ3v) is 4.96. The van der Waals surface area contributed by atoms with Crippen molar-refractivity contribution in [1.82, 2.24) is 10.2 Å². The summed E-state index contributed by atoms with van der Waals surface area (Å²) in [5.41, 5.74) is 0.107. The molecule has 2 aromatic rings. The zero-order valence-corrected chi connectivity index (χ0v) is 12.9. The zero-order chi connectivity index (χ0) is 16.2. The van der Waals surface area contributed by atoms with Gasteiger partial charge in [-0.2, -0.15) is 5.10 Å². The average Bonchev–Trinajstić information content (AvgIpc) is 3.03. The molecular formula is C14H17N3O4S. The Morgan fingerprint density at radius 1 is 1.36 bits per heavy atom. The molecule has 0 unspecified atom stereocenters. The lowest BCUT2D eigenvalue weighted by Gasteiger charge is -2.25. The minimum atomic E-state index is -3.86. The molecule has 0 fully saturated rings. The number of sulfonamides is 1. The molecule has 2 N–H and O–H groups in total. The first-order valence-corrected chi connectivity index (χ1v) is 8.26. The van der Waals surface area contributed by atoms with Gasteiger partial charge in [0.05, 0.1) is 17.4 Å². The van der Waals surface area contributed by atoms with E-state index < -0.39 is 16.0 Å². The van der Waals surface area contributed by atoms with Crippen LogP contribution in [0.5, 0.6) is 0 Å². The number of aromatic carboxylic acids is 1. The van der Waals surface area contributed by atoms with E-state index in [-0.39, 0.29) is 22.7 Å². The Balaban J connectivity index is 2.55. The molecule has 0 atom stereocenters. The minimum absolute atomic E-state index is 0.00351. The summed E-state index contributed by atoms with van der Waals surface area (Å²) in [5, 5.41) is 15.4. The molecule has 8 heteroatoms. The van der Waals surface area contributed by atoms with Gasteiger partial charge in [-0.05, 0) is 18.6 Å². The van der Waals surface area contributed by atoms with Crippen molar-refractivity contribution in [3.05, 3.63) is 42.2 Å². The summed E-state index contributed by atoms with van der Waals surface area (Å²) < 4.78 is 26.6. The topological polar surface area (TPSA) is 103 Å². The van der Waals surface area contributed by atoms with Crippen LogP contribution in [0.25, 0.3) is 0 Å². The first-order valence-electron chi connectivity index (χ1n) is 6.82. The third-order valence-electron chi connectivity index (χ3n) is 3.18. The Labute approximate surface area is 128 Å². The van der Waals surface area contributed by atoms with E-state index in [2.05, 4.69) is 10.2 Å². The lowest BCUT2D eigenvalue weighted by molar-refractivity contribution is 0.0698. The van der Waals surface area contributed by atoms with Gasteiger partial charge in [-0.1, -0.05) is 25.5 Å². The maximum absolute atomic E-state index is 12.7. The number of aromatic nitrogens is 2. The molecule has 1 heterocycles. The number of benzene rings is 1. The van der Waals surface area contributed by atoms with Gasteiger partial charge in [0.15, 0.2) is 0 Å². The molecule has 118 valence electrons. The number of nitrogens with one attached hydrogen (secondary N) is 1. The number of carbonyl (C=O) groups is 1. The highest BCUT2D eigenvalue weighted by atomic mass is 32.2. The van der Waals surface area contributed by atoms with Gasteiger partial charge < -0.3 is 5.11 Å². The second-order valence-corrected chi connectivity index (χ2v) is 6.55. The number of hydrogen-bond donors (Lipinski definition) is 2. The minimum Gasteiger partial charge on any atom is -0.478 e. The van der Waals surface area contributed by atoms with Crippen LogP contribution in [0, 0.1) is 0 Å². The molecule has 1 aromatic carbocycles. The van der Waals surface area contributed by atoms with Crippen molar-refractivity contribution in [3.63, 3.8) is 0 Å². The highest BCUT2D eigenvalue weighted by molar-refractivity contribution is 7.92. The number of carboxylic acid groups (broad SMARTS) is 1. The number of anilines is 1. The molecule has 22 heavy (non-hydrogen) atoms. The van der Waals surface area contributed by atoms with Crippen LogP contribution in [0.1, 0.15) is 30.1 Å². The van der Waals surface area contributed by atoms with Crippen molar-refractivity contribution in [2.45, 2.75) is 24.7 Å². The third kappa shape index (κ3) is 3.11. The van der Waals surface area contributed by atoms with Gasteiger partial charge in [-0.25, -0.2) is 13.2 Å². The molecule has 0 amide bonds. The zero-order valence-electron chi connectivity index (χ0n) is 12.1. The number of para-hydroxylation sites is 1. The standard InChI is InChI=1S/C14H17N3O4S/c1-2-3-8-17(22(20,21)11-9-15-16-10-11)13-7-5-4-6-12(13)14(18)19/h4-7,9-10H,2-3,8H2,1H3,(H,15,16)(H,18,19). The Kier molecular flexibility index (Phi) is 4.81. The van der Waals surface area contributed by atoms with Crippen LogP contribution in [-0.2, 0) is 10.0 Å². The quantitative estimate of drug-likeness (QED) is 0.812. The molecule has 7 nitrogen and oxygen atoms in total. The summed E-state index contributed by atoms with van der Waals surface area (Å²) in [6.45, 7) is 2.14. The molecule has 0 spiro atoms. The van der Waals surface area contributed by atoms with Gasteiger partial charge >= 0.3 is 5.97 Å². The van der Waals surface area contributed by atoms with E-state index in [0.29, 0.717) is 6.42 Å². The largest absolute Gasteiger partial charge is 0.478 e. The van der Waals surface area contributed by atoms with Gasteiger partial charge in [0.1, 0.15) is 4.90 Å². The number of rotatable bonds is 7. The number of H-pyrrole nitrogens is 1. The molecule has 0 radical (unpaired) electrons. The van der Waals surface area contributed by atoms with E-state index in [9.17, 15) is 18.3 Å². The van der Waals surface area contributed by atoms with Gasteiger partial charge in [0, 0.05) is 12.7 Å². The van der Waals surface area contributed by atoms with Crippen LogP contribution in [0.2, 0.25) is 0 Å². The summed E-state index contributed by atoms with van der Waals surface area (Å²) in [5.74, 6) is -1.17. The van der Waals surface area contributed by atoms with Crippen LogP contribution in [0.3, 0.4) is 0 Å². The normalized spacial score (nSPS) is 11.3. The fraction of sp³-hybridized carbons (Fsp3) is 0.286. The molecule has 1 aromatic heterocycles.